The lowest BCUT2D eigenvalue weighted by molar-refractivity contribution is -0.385. The maximum absolute atomic E-state index is 10.8. The topological polar surface area (TPSA) is 59.3 Å². The third-order valence-corrected chi connectivity index (χ3v) is 3.61. The summed E-state index contributed by atoms with van der Waals surface area (Å²) in [4.78, 5) is 16.9. The number of nitrogens with zero attached hydrogens (tertiary/aromatic N) is 3. The molecule has 1 fully saturated rings. The zero-order valence-corrected chi connectivity index (χ0v) is 10.9. The van der Waals surface area contributed by atoms with Crippen molar-refractivity contribution in [3.63, 3.8) is 0 Å². The van der Waals surface area contributed by atoms with Crippen molar-refractivity contribution in [2.45, 2.75) is 33.1 Å². The fourth-order valence-corrected chi connectivity index (χ4v) is 2.39. The molecular formula is C13H19N3O2. The Balaban J connectivity index is 2.18. The Morgan fingerprint density at radius 3 is 2.89 bits per heavy atom. The van der Waals surface area contributed by atoms with Crippen molar-refractivity contribution in [2.24, 2.45) is 5.92 Å². The van der Waals surface area contributed by atoms with Gasteiger partial charge in [-0.2, -0.15) is 0 Å². The quantitative estimate of drug-likeness (QED) is 0.597. The summed E-state index contributed by atoms with van der Waals surface area (Å²) >= 11 is 0. The molecule has 1 aliphatic rings. The normalized spacial score (nSPS) is 20.6. The fourth-order valence-electron chi connectivity index (χ4n) is 2.39. The summed E-state index contributed by atoms with van der Waals surface area (Å²) < 4.78 is 0. The minimum atomic E-state index is -0.378. The van der Waals surface area contributed by atoms with Crippen LogP contribution in [0.5, 0.6) is 0 Å². The lowest BCUT2D eigenvalue weighted by atomic mass is 10.0. The van der Waals surface area contributed by atoms with Gasteiger partial charge in [-0.1, -0.05) is 6.92 Å². The van der Waals surface area contributed by atoms with Gasteiger partial charge in [0.25, 0.3) is 5.69 Å². The second-order valence-electron chi connectivity index (χ2n) is 5.11. The Hall–Kier alpha value is -1.65. The highest BCUT2D eigenvalue weighted by Gasteiger charge is 2.18. The standard InChI is InChI=1S/C13H19N3O2/c1-10-4-3-6-15(7-5-10)13-8-11(2)12(9-14-13)16(17)18/h8-10H,3-7H2,1-2H3. The summed E-state index contributed by atoms with van der Waals surface area (Å²) in [5.74, 6) is 1.63. The van der Waals surface area contributed by atoms with Crippen LogP contribution in [-0.4, -0.2) is 23.0 Å². The first kappa shape index (κ1) is 12.8. The number of nitro groups is 1. The molecule has 0 aromatic carbocycles. The van der Waals surface area contributed by atoms with E-state index in [-0.39, 0.29) is 10.6 Å². The summed E-state index contributed by atoms with van der Waals surface area (Å²) in [7, 11) is 0. The maximum atomic E-state index is 10.8. The van der Waals surface area contributed by atoms with E-state index in [1.165, 1.54) is 19.0 Å². The summed E-state index contributed by atoms with van der Waals surface area (Å²) in [6.45, 7) is 6.03. The van der Waals surface area contributed by atoms with Crippen LogP contribution in [0.1, 0.15) is 31.7 Å². The average molecular weight is 249 g/mol. The monoisotopic (exact) mass is 249 g/mol. The molecule has 5 nitrogen and oxygen atoms in total. The molecule has 1 unspecified atom stereocenters. The van der Waals surface area contributed by atoms with Gasteiger partial charge in [0.1, 0.15) is 12.0 Å². The molecule has 1 aromatic heterocycles. The molecule has 1 atom stereocenters. The molecule has 0 amide bonds. The molecule has 1 saturated heterocycles. The highest BCUT2D eigenvalue weighted by atomic mass is 16.6. The molecule has 2 rings (SSSR count). The van der Waals surface area contributed by atoms with Crippen molar-refractivity contribution in [2.75, 3.05) is 18.0 Å². The Kier molecular flexibility index (Phi) is 3.79. The van der Waals surface area contributed by atoms with Gasteiger partial charge in [0.05, 0.1) is 4.92 Å². The molecule has 1 aromatic rings. The zero-order valence-electron chi connectivity index (χ0n) is 10.9. The van der Waals surface area contributed by atoms with Gasteiger partial charge in [0.15, 0.2) is 0 Å². The highest BCUT2D eigenvalue weighted by molar-refractivity contribution is 5.48. The largest absolute Gasteiger partial charge is 0.357 e. The van der Waals surface area contributed by atoms with Crippen molar-refractivity contribution in [3.8, 4) is 0 Å². The molecule has 98 valence electrons. The van der Waals surface area contributed by atoms with Crippen LogP contribution in [0, 0.1) is 23.0 Å². The van der Waals surface area contributed by atoms with Gasteiger partial charge in [0, 0.05) is 18.7 Å². The lowest BCUT2D eigenvalue weighted by Crippen LogP contribution is -2.25. The zero-order chi connectivity index (χ0) is 13.1. The second-order valence-corrected chi connectivity index (χ2v) is 5.11. The Labute approximate surface area is 107 Å². The van der Waals surface area contributed by atoms with Gasteiger partial charge in [-0.05, 0) is 38.2 Å². The summed E-state index contributed by atoms with van der Waals surface area (Å²) in [5, 5.41) is 10.8. The van der Waals surface area contributed by atoms with E-state index in [1.54, 1.807) is 6.92 Å². The van der Waals surface area contributed by atoms with E-state index in [0.717, 1.165) is 31.2 Å². The second kappa shape index (κ2) is 5.33. The van der Waals surface area contributed by atoms with Crippen LogP contribution in [0.25, 0.3) is 0 Å². The molecule has 5 heteroatoms. The van der Waals surface area contributed by atoms with E-state index in [2.05, 4.69) is 16.8 Å². The van der Waals surface area contributed by atoms with Crippen LogP contribution in [0.3, 0.4) is 0 Å². The van der Waals surface area contributed by atoms with E-state index in [9.17, 15) is 10.1 Å². The highest BCUT2D eigenvalue weighted by Crippen LogP contribution is 2.24. The third-order valence-electron chi connectivity index (χ3n) is 3.61. The van der Waals surface area contributed by atoms with Crippen molar-refractivity contribution in [3.05, 3.63) is 27.9 Å². The Morgan fingerprint density at radius 2 is 2.22 bits per heavy atom. The van der Waals surface area contributed by atoms with Gasteiger partial charge in [-0.25, -0.2) is 4.98 Å². The van der Waals surface area contributed by atoms with E-state index in [0.29, 0.717) is 5.56 Å². The van der Waals surface area contributed by atoms with Crippen LogP contribution >= 0.6 is 0 Å². The van der Waals surface area contributed by atoms with Crippen molar-refractivity contribution >= 4 is 11.5 Å². The van der Waals surface area contributed by atoms with Crippen LogP contribution < -0.4 is 4.90 Å². The predicted molar refractivity (Wildman–Crippen MR) is 70.9 cm³/mol. The van der Waals surface area contributed by atoms with Gasteiger partial charge < -0.3 is 4.90 Å². The molecule has 0 radical (unpaired) electrons. The number of aromatic nitrogens is 1. The van der Waals surface area contributed by atoms with Crippen molar-refractivity contribution < 1.29 is 4.92 Å². The van der Waals surface area contributed by atoms with E-state index >= 15 is 0 Å². The lowest BCUT2D eigenvalue weighted by Gasteiger charge is -2.21. The number of hydrogen-bond acceptors (Lipinski definition) is 4. The van der Waals surface area contributed by atoms with Crippen LogP contribution in [0.4, 0.5) is 11.5 Å². The number of aryl methyl sites for hydroxylation is 1. The van der Waals surface area contributed by atoms with E-state index < -0.39 is 0 Å². The number of anilines is 1. The molecule has 0 aliphatic carbocycles. The fraction of sp³-hybridized carbons (Fsp3) is 0.615. The maximum Gasteiger partial charge on any atom is 0.290 e. The molecule has 0 spiro atoms. The smallest absolute Gasteiger partial charge is 0.290 e. The third kappa shape index (κ3) is 2.78. The first-order chi connectivity index (χ1) is 8.58. The van der Waals surface area contributed by atoms with Gasteiger partial charge in [-0.15, -0.1) is 0 Å². The summed E-state index contributed by atoms with van der Waals surface area (Å²) in [6, 6.07) is 1.83. The number of hydrogen-bond donors (Lipinski definition) is 0. The summed E-state index contributed by atoms with van der Waals surface area (Å²) in [5.41, 5.74) is 0.782. The minimum absolute atomic E-state index is 0.0990. The first-order valence-electron chi connectivity index (χ1n) is 6.44. The Morgan fingerprint density at radius 1 is 1.44 bits per heavy atom. The van der Waals surface area contributed by atoms with Crippen molar-refractivity contribution in [1.82, 2.24) is 4.98 Å². The van der Waals surface area contributed by atoms with E-state index in [4.69, 9.17) is 0 Å². The van der Waals surface area contributed by atoms with Crippen LogP contribution in [0.15, 0.2) is 12.3 Å². The van der Waals surface area contributed by atoms with Gasteiger partial charge in [0.2, 0.25) is 0 Å². The van der Waals surface area contributed by atoms with Crippen LogP contribution in [0.2, 0.25) is 0 Å². The predicted octanol–water partition coefficient (Wildman–Crippen LogP) is 2.92. The molecule has 0 N–H and O–H groups in total. The minimum Gasteiger partial charge on any atom is -0.357 e. The molecule has 0 saturated carbocycles. The summed E-state index contributed by atoms with van der Waals surface area (Å²) in [6.07, 6.45) is 4.96. The van der Waals surface area contributed by atoms with Gasteiger partial charge >= 0.3 is 0 Å². The Bertz CT molecular complexity index is 448. The molecule has 18 heavy (non-hydrogen) atoms. The van der Waals surface area contributed by atoms with Crippen molar-refractivity contribution in [1.29, 1.82) is 0 Å². The number of pyridine rings is 1. The molecule has 2 heterocycles. The first-order valence-corrected chi connectivity index (χ1v) is 6.44. The number of rotatable bonds is 2. The van der Waals surface area contributed by atoms with Crippen LogP contribution in [-0.2, 0) is 0 Å². The SMILES string of the molecule is Cc1cc(N2CCCC(C)CC2)ncc1[N+](=O)[O-]. The average Bonchev–Trinajstić information content (AvgIpc) is 2.53. The van der Waals surface area contributed by atoms with Gasteiger partial charge in [-0.3, -0.25) is 10.1 Å². The van der Waals surface area contributed by atoms with E-state index in [1.807, 2.05) is 6.07 Å². The molecule has 1 aliphatic heterocycles. The molecule has 0 bridgehead atoms. The molecular weight excluding hydrogens is 230 g/mol.